The third-order valence-corrected chi connectivity index (χ3v) is 10.6. The lowest BCUT2D eigenvalue weighted by molar-refractivity contribution is -0.384. The highest BCUT2D eigenvalue weighted by molar-refractivity contribution is 9.15. The molecule has 1 heterocycles. The van der Waals surface area contributed by atoms with Gasteiger partial charge in [-0.2, -0.15) is 5.01 Å². The molecule has 13 heteroatoms. The third-order valence-electron chi connectivity index (χ3n) is 5.87. The van der Waals surface area contributed by atoms with Crippen LogP contribution in [0.2, 0.25) is 0 Å². The highest BCUT2D eigenvalue weighted by Gasteiger charge is 2.48. The van der Waals surface area contributed by atoms with E-state index in [1.54, 1.807) is 37.3 Å². The molecule has 0 saturated carbocycles. The Morgan fingerprint density at radius 1 is 0.842 bits per heavy atom. The monoisotopic (exact) mass is 769 g/mol. The molecule has 0 fully saturated rings. The van der Waals surface area contributed by atoms with Crippen LogP contribution in [-0.2, 0) is 0 Å². The SMILES string of the molecule is CC[C@H](C(=O)c1ccccc1)N(C(=O)c1ccc([N+](=O)[O-])cc1)N1C(=O)c2c(Br)c(Br)c(Br)c(Br)c2C1=O. The maximum atomic E-state index is 13.9. The lowest BCUT2D eigenvalue weighted by Gasteiger charge is -2.35. The minimum atomic E-state index is -1.24. The Bertz CT molecular complexity index is 1460. The van der Waals surface area contributed by atoms with Gasteiger partial charge in [0, 0.05) is 41.2 Å². The Balaban J connectivity index is 1.90. The number of nitrogens with zero attached hydrogens (tertiary/aromatic N) is 3. The van der Waals surface area contributed by atoms with Crippen molar-refractivity contribution < 1.29 is 24.1 Å². The molecule has 3 amide bonds. The number of nitro groups is 1. The molecule has 194 valence electrons. The molecular formula is C25H15Br4N3O6. The van der Waals surface area contributed by atoms with Gasteiger partial charge in [0.15, 0.2) is 5.78 Å². The predicted octanol–water partition coefficient (Wildman–Crippen LogP) is 6.96. The molecule has 0 spiro atoms. The van der Waals surface area contributed by atoms with Gasteiger partial charge in [-0.15, -0.1) is 0 Å². The van der Waals surface area contributed by atoms with Crippen molar-refractivity contribution >= 4 is 92.9 Å². The number of ketones is 1. The fourth-order valence-electron chi connectivity index (χ4n) is 4.03. The van der Waals surface area contributed by atoms with Gasteiger partial charge in [-0.25, -0.2) is 5.01 Å². The van der Waals surface area contributed by atoms with E-state index in [1.165, 1.54) is 12.1 Å². The summed E-state index contributed by atoms with van der Waals surface area (Å²) in [6, 6.07) is 11.6. The molecule has 0 bridgehead atoms. The van der Waals surface area contributed by atoms with Gasteiger partial charge in [-0.05, 0) is 82.3 Å². The van der Waals surface area contributed by atoms with Crippen LogP contribution in [0.5, 0.6) is 0 Å². The Hall–Kier alpha value is -2.74. The molecule has 3 aromatic rings. The van der Waals surface area contributed by atoms with Crippen LogP contribution in [0.3, 0.4) is 0 Å². The van der Waals surface area contributed by atoms with Gasteiger partial charge in [-0.3, -0.25) is 29.3 Å². The van der Waals surface area contributed by atoms with Crippen molar-refractivity contribution in [1.82, 2.24) is 10.0 Å². The number of rotatable bonds is 7. The van der Waals surface area contributed by atoms with Gasteiger partial charge in [0.2, 0.25) is 0 Å². The molecule has 0 radical (unpaired) electrons. The first kappa shape index (κ1) is 28.3. The van der Waals surface area contributed by atoms with Gasteiger partial charge < -0.3 is 0 Å². The van der Waals surface area contributed by atoms with E-state index in [-0.39, 0.29) is 43.3 Å². The zero-order valence-corrected chi connectivity index (χ0v) is 25.6. The fourth-order valence-corrected chi connectivity index (χ4v) is 6.48. The third kappa shape index (κ3) is 4.76. The number of halogens is 4. The zero-order valence-electron chi connectivity index (χ0n) is 19.3. The van der Waals surface area contributed by atoms with Crippen molar-refractivity contribution in [3.63, 3.8) is 0 Å². The van der Waals surface area contributed by atoms with Crippen LogP contribution in [0.25, 0.3) is 0 Å². The van der Waals surface area contributed by atoms with Crippen molar-refractivity contribution in [2.45, 2.75) is 19.4 Å². The van der Waals surface area contributed by atoms with Gasteiger partial charge in [-0.1, -0.05) is 37.3 Å². The lowest BCUT2D eigenvalue weighted by atomic mass is 10.0. The second-order valence-electron chi connectivity index (χ2n) is 8.04. The molecule has 0 aliphatic carbocycles. The summed E-state index contributed by atoms with van der Waals surface area (Å²) in [5, 5.41) is 12.6. The number of carbonyl (C=O) groups is 4. The summed E-state index contributed by atoms with van der Waals surface area (Å²) in [6.07, 6.45) is 0.0651. The van der Waals surface area contributed by atoms with Crippen LogP contribution < -0.4 is 0 Å². The van der Waals surface area contributed by atoms with E-state index in [1.807, 2.05) is 0 Å². The molecule has 4 rings (SSSR count). The number of hydrogen-bond acceptors (Lipinski definition) is 6. The molecular weight excluding hydrogens is 758 g/mol. The van der Waals surface area contributed by atoms with Crippen molar-refractivity contribution in [1.29, 1.82) is 0 Å². The van der Waals surface area contributed by atoms with Crippen LogP contribution in [0.1, 0.15) is 54.8 Å². The summed E-state index contributed by atoms with van der Waals surface area (Å²) in [6.45, 7) is 1.65. The minimum absolute atomic E-state index is 0.000428. The van der Waals surface area contributed by atoms with Gasteiger partial charge in [0.05, 0.1) is 16.1 Å². The first-order valence-corrected chi connectivity index (χ1v) is 14.1. The number of nitro benzene ring substituents is 1. The average Bonchev–Trinajstić information content (AvgIpc) is 3.18. The van der Waals surface area contributed by atoms with Crippen LogP contribution in [0, 0.1) is 10.1 Å². The molecule has 1 atom stereocenters. The Morgan fingerprint density at radius 3 is 1.79 bits per heavy atom. The summed E-state index contributed by atoms with van der Waals surface area (Å²) in [5.41, 5.74) is -0.0120. The molecule has 1 aliphatic rings. The molecule has 9 nitrogen and oxygen atoms in total. The van der Waals surface area contributed by atoms with E-state index in [9.17, 15) is 29.3 Å². The number of Topliss-reactive ketones (excluding diaryl/α,β-unsaturated/α-hetero) is 1. The topological polar surface area (TPSA) is 118 Å². The van der Waals surface area contributed by atoms with Gasteiger partial charge >= 0.3 is 0 Å². The Labute approximate surface area is 249 Å². The van der Waals surface area contributed by atoms with E-state index in [4.69, 9.17) is 0 Å². The first-order valence-electron chi connectivity index (χ1n) is 10.9. The van der Waals surface area contributed by atoms with Crippen molar-refractivity contribution in [2.75, 3.05) is 0 Å². The number of hydrogen-bond donors (Lipinski definition) is 0. The highest BCUT2D eigenvalue weighted by Crippen LogP contribution is 2.46. The van der Waals surface area contributed by atoms with Crippen molar-refractivity contribution in [3.8, 4) is 0 Å². The molecule has 0 N–H and O–H groups in total. The second kappa shape index (κ2) is 11.2. The van der Waals surface area contributed by atoms with E-state index < -0.39 is 34.5 Å². The Morgan fingerprint density at radius 2 is 1.34 bits per heavy atom. The van der Waals surface area contributed by atoms with Crippen molar-refractivity contribution in [3.05, 3.63) is 105 Å². The number of carbonyl (C=O) groups excluding carboxylic acids is 4. The largest absolute Gasteiger partial charge is 0.292 e. The second-order valence-corrected chi connectivity index (χ2v) is 11.2. The maximum Gasteiger partial charge on any atom is 0.282 e. The minimum Gasteiger partial charge on any atom is -0.292 e. The van der Waals surface area contributed by atoms with Crippen LogP contribution in [0.15, 0.2) is 72.5 Å². The van der Waals surface area contributed by atoms with Crippen LogP contribution in [0.4, 0.5) is 5.69 Å². The summed E-state index contributed by atoms with van der Waals surface area (Å²) in [5.74, 6) is -2.97. The number of benzene rings is 3. The smallest absolute Gasteiger partial charge is 0.282 e. The van der Waals surface area contributed by atoms with Gasteiger partial charge in [0.1, 0.15) is 6.04 Å². The maximum absolute atomic E-state index is 13.9. The quantitative estimate of drug-likeness (QED) is 0.0641. The summed E-state index contributed by atoms with van der Waals surface area (Å²) < 4.78 is 1.50. The summed E-state index contributed by atoms with van der Waals surface area (Å²) in [4.78, 5) is 65.6. The van der Waals surface area contributed by atoms with Gasteiger partial charge in [0.25, 0.3) is 23.4 Å². The number of amides is 3. The number of non-ortho nitro benzene ring substituents is 1. The molecule has 3 aromatic carbocycles. The first-order chi connectivity index (χ1) is 18.0. The summed E-state index contributed by atoms with van der Waals surface area (Å²) in [7, 11) is 0. The summed E-state index contributed by atoms with van der Waals surface area (Å²) >= 11 is 13.5. The molecule has 38 heavy (non-hydrogen) atoms. The predicted molar refractivity (Wildman–Crippen MR) is 152 cm³/mol. The van der Waals surface area contributed by atoms with E-state index in [0.29, 0.717) is 14.0 Å². The molecule has 0 unspecified atom stereocenters. The lowest BCUT2D eigenvalue weighted by Crippen LogP contribution is -2.57. The standard InChI is InChI=1S/C25H15Br4N3O6/c1-2-15(22(33)12-6-4-3-5-7-12)30(23(34)13-8-10-14(11-9-13)32(37)38)31-24(35)16-17(25(31)36)19(27)21(29)20(28)18(16)26/h3-11,15H,2H2,1H3/t15-/m1/s1. The van der Waals surface area contributed by atoms with Crippen LogP contribution >= 0.6 is 63.7 Å². The molecule has 0 saturated heterocycles. The Kier molecular flexibility index (Phi) is 8.31. The average molecular weight is 773 g/mol. The van der Waals surface area contributed by atoms with E-state index in [2.05, 4.69) is 63.7 Å². The highest BCUT2D eigenvalue weighted by atomic mass is 79.9. The van der Waals surface area contributed by atoms with Crippen molar-refractivity contribution in [2.24, 2.45) is 0 Å². The normalized spacial score (nSPS) is 13.3. The van der Waals surface area contributed by atoms with E-state index in [0.717, 1.165) is 17.1 Å². The number of hydrazine groups is 1. The molecule has 1 aliphatic heterocycles. The van der Waals surface area contributed by atoms with E-state index >= 15 is 0 Å². The number of fused-ring (bicyclic) bond motifs is 1. The zero-order chi connectivity index (χ0) is 27.9. The fraction of sp³-hybridized carbons (Fsp3) is 0.120. The van der Waals surface area contributed by atoms with Crippen LogP contribution in [-0.4, -0.2) is 44.5 Å². The molecule has 0 aromatic heterocycles. The number of imide groups is 1.